The Hall–Kier alpha value is -1.44. The van der Waals surface area contributed by atoms with Crippen molar-refractivity contribution in [3.8, 4) is 0 Å². The highest BCUT2D eigenvalue weighted by Crippen LogP contribution is 2.17. The second kappa shape index (κ2) is 9.49. The molecule has 1 aromatic heterocycles. The number of hydrogen-bond acceptors (Lipinski definition) is 7. The lowest BCUT2D eigenvalue weighted by molar-refractivity contribution is 0.128. The maximum absolute atomic E-state index is 5.88. The van der Waals surface area contributed by atoms with Crippen LogP contribution in [-0.4, -0.2) is 56.6 Å². The van der Waals surface area contributed by atoms with Crippen molar-refractivity contribution in [3.05, 3.63) is 11.9 Å². The van der Waals surface area contributed by atoms with Gasteiger partial charge >= 0.3 is 0 Å². The summed E-state index contributed by atoms with van der Waals surface area (Å²) in [6, 6.07) is 1.91. The number of anilines is 2. The topological polar surface area (TPSA) is 82.7 Å². The first-order valence-electron chi connectivity index (χ1n) is 7.08. The fourth-order valence-corrected chi connectivity index (χ4v) is 1.99. The van der Waals surface area contributed by atoms with Crippen LogP contribution in [0, 0.1) is 0 Å². The van der Waals surface area contributed by atoms with E-state index in [0.29, 0.717) is 44.6 Å². The number of nitrogens with two attached hydrogens (primary N) is 1. The molecule has 0 saturated carbocycles. The number of methoxy groups -OCH3 is 2. The number of aromatic nitrogens is 2. The number of nitrogens with zero attached hydrogens (tertiary/aromatic N) is 3. The monoisotopic (exact) mass is 298 g/mol. The van der Waals surface area contributed by atoms with E-state index in [9.17, 15) is 0 Å². The molecule has 1 atom stereocenters. The Labute approximate surface area is 126 Å². The summed E-state index contributed by atoms with van der Waals surface area (Å²) >= 11 is 0. The molecule has 120 valence electrons. The Balaban J connectivity index is 2.96. The normalized spacial score (nSPS) is 12.4. The molecule has 0 aliphatic carbocycles. The van der Waals surface area contributed by atoms with Gasteiger partial charge in [0.25, 0.3) is 0 Å². The summed E-state index contributed by atoms with van der Waals surface area (Å²) in [5.74, 6) is 1.78. The Morgan fingerprint density at radius 2 is 2.05 bits per heavy atom. The summed E-state index contributed by atoms with van der Waals surface area (Å²) in [4.78, 5) is 10.8. The summed E-state index contributed by atoms with van der Waals surface area (Å²) in [6.07, 6.45) is 0. The van der Waals surface area contributed by atoms with E-state index >= 15 is 0 Å². The molecule has 2 N–H and O–H groups in total. The van der Waals surface area contributed by atoms with Crippen LogP contribution in [0.4, 0.5) is 11.6 Å². The largest absolute Gasteiger partial charge is 0.384 e. The lowest BCUT2D eigenvalue weighted by Gasteiger charge is -2.30. The molecule has 7 nitrogen and oxygen atoms in total. The molecule has 0 radical (unpaired) electrons. The molecule has 0 aliphatic rings. The van der Waals surface area contributed by atoms with Crippen LogP contribution in [0.15, 0.2) is 6.07 Å². The van der Waals surface area contributed by atoms with Crippen molar-refractivity contribution in [1.29, 1.82) is 0 Å². The lowest BCUT2D eigenvalue weighted by atomic mass is 10.3. The van der Waals surface area contributed by atoms with Crippen LogP contribution in [0.25, 0.3) is 0 Å². The van der Waals surface area contributed by atoms with Gasteiger partial charge in [-0.2, -0.15) is 0 Å². The minimum Gasteiger partial charge on any atom is -0.384 e. The highest BCUT2D eigenvalue weighted by atomic mass is 16.5. The number of rotatable bonds is 10. The van der Waals surface area contributed by atoms with E-state index in [2.05, 4.69) is 21.8 Å². The Bertz CT molecular complexity index is 417. The van der Waals surface area contributed by atoms with Crippen molar-refractivity contribution >= 4 is 11.6 Å². The maximum atomic E-state index is 5.88. The van der Waals surface area contributed by atoms with Crippen LogP contribution >= 0.6 is 0 Å². The standard InChI is InChI=1S/C14H26N4O3/c1-5-21-10-13-16-12(15)8-14(17-13)18(6-7-19-3)11(2)9-20-4/h8,11H,5-7,9-10H2,1-4H3,(H2,15,16,17). The minimum atomic E-state index is 0.152. The zero-order valence-electron chi connectivity index (χ0n) is 13.3. The van der Waals surface area contributed by atoms with E-state index in [0.717, 1.165) is 5.82 Å². The average molecular weight is 298 g/mol. The second-order valence-electron chi connectivity index (χ2n) is 4.69. The van der Waals surface area contributed by atoms with Crippen molar-refractivity contribution < 1.29 is 14.2 Å². The second-order valence-corrected chi connectivity index (χ2v) is 4.69. The van der Waals surface area contributed by atoms with Crippen molar-refractivity contribution in [3.63, 3.8) is 0 Å². The maximum Gasteiger partial charge on any atom is 0.158 e. The van der Waals surface area contributed by atoms with Gasteiger partial charge in [0.15, 0.2) is 5.82 Å². The number of nitrogen functional groups attached to an aromatic ring is 1. The fraction of sp³-hybridized carbons (Fsp3) is 0.714. The molecule has 0 aliphatic heterocycles. The predicted molar refractivity (Wildman–Crippen MR) is 82.3 cm³/mol. The van der Waals surface area contributed by atoms with E-state index in [-0.39, 0.29) is 6.04 Å². The lowest BCUT2D eigenvalue weighted by Crippen LogP contribution is -2.39. The fourth-order valence-electron chi connectivity index (χ4n) is 1.99. The van der Waals surface area contributed by atoms with E-state index < -0.39 is 0 Å². The molecule has 7 heteroatoms. The molecule has 0 bridgehead atoms. The third-order valence-electron chi connectivity index (χ3n) is 2.98. The molecule has 21 heavy (non-hydrogen) atoms. The zero-order valence-corrected chi connectivity index (χ0v) is 13.3. The molecule has 1 unspecified atom stereocenters. The van der Waals surface area contributed by atoms with Gasteiger partial charge in [-0.05, 0) is 13.8 Å². The quantitative estimate of drug-likeness (QED) is 0.692. The minimum absolute atomic E-state index is 0.152. The van der Waals surface area contributed by atoms with Gasteiger partial charge in [-0.25, -0.2) is 9.97 Å². The van der Waals surface area contributed by atoms with E-state index in [1.165, 1.54) is 0 Å². The van der Waals surface area contributed by atoms with E-state index in [1.54, 1.807) is 20.3 Å². The van der Waals surface area contributed by atoms with Gasteiger partial charge in [0.2, 0.25) is 0 Å². The first kappa shape index (κ1) is 17.6. The first-order valence-corrected chi connectivity index (χ1v) is 7.08. The molecular formula is C14H26N4O3. The Kier molecular flexibility index (Phi) is 7.96. The van der Waals surface area contributed by atoms with Crippen LogP contribution in [0.3, 0.4) is 0 Å². The Morgan fingerprint density at radius 1 is 1.29 bits per heavy atom. The van der Waals surface area contributed by atoms with Crippen LogP contribution in [0.1, 0.15) is 19.7 Å². The van der Waals surface area contributed by atoms with Crippen molar-refractivity contribution in [2.45, 2.75) is 26.5 Å². The average Bonchev–Trinajstić information content (AvgIpc) is 2.45. The summed E-state index contributed by atoms with van der Waals surface area (Å²) in [6.45, 7) is 6.85. The smallest absolute Gasteiger partial charge is 0.158 e. The van der Waals surface area contributed by atoms with Gasteiger partial charge in [0.1, 0.15) is 18.2 Å². The predicted octanol–water partition coefficient (Wildman–Crippen LogP) is 1.08. The van der Waals surface area contributed by atoms with Gasteiger partial charge in [-0.15, -0.1) is 0 Å². The van der Waals surface area contributed by atoms with Gasteiger partial charge in [-0.3, -0.25) is 0 Å². The van der Waals surface area contributed by atoms with Crippen molar-refractivity contribution in [2.75, 3.05) is 51.2 Å². The summed E-state index contributed by atoms with van der Waals surface area (Å²) in [7, 11) is 3.36. The molecule has 0 aromatic carbocycles. The summed E-state index contributed by atoms with van der Waals surface area (Å²) < 4.78 is 15.7. The van der Waals surface area contributed by atoms with Crippen LogP contribution in [0.2, 0.25) is 0 Å². The van der Waals surface area contributed by atoms with Gasteiger partial charge in [0, 0.05) is 33.4 Å². The highest BCUT2D eigenvalue weighted by Gasteiger charge is 2.17. The van der Waals surface area contributed by atoms with Gasteiger partial charge < -0.3 is 24.8 Å². The molecule has 0 amide bonds. The van der Waals surface area contributed by atoms with Crippen molar-refractivity contribution in [2.24, 2.45) is 0 Å². The molecule has 1 aromatic rings. The van der Waals surface area contributed by atoms with Crippen molar-refractivity contribution in [1.82, 2.24) is 9.97 Å². The highest BCUT2D eigenvalue weighted by molar-refractivity contribution is 5.47. The third-order valence-corrected chi connectivity index (χ3v) is 2.98. The van der Waals surface area contributed by atoms with E-state index in [1.807, 2.05) is 6.92 Å². The molecule has 0 fully saturated rings. The zero-order chi connectivity index (χ0) is 15.7. The Morgan fingerprint density at radius 3 is 2.67 bits per heavy atom. The summed E-state index contributed by atoms with van der Waals surface area (Å²) in [5.41, 5.74) is 5.88. The van der Waals surface area contributed by atoms with Gasteiger partial charge in [-0.1, -0.05) is 0 Å². The first-order chi connectivity index (χ1) is 10.1. The molecule has 1 rings (SSSR count). The summed E-state index contributed by atoms with van der Waals surface area (Å²) in [5, 5.41) is 0. The van der Waals surface area contributed by atoms with Crippen LogP contribution < -0.4 is 10.6 Å². The molecule has 1 heterocycles. The number of hydrogen-bond donors (Lipinski definition) is 1. The SMILES string of the molecule is CCOCc1nc(N)cc(N(CCOC)C(C)COC)n1. The third kappa shape index (κ3) is 5.82. The molecule has 0 spiro atoms. The van der Waals surface area contributed by atoms with Crippen LogP contribution in [0.5, 0.6) is 0 Å². The number of ether oxygens (including phenoxy) is 3. The van der Waals surface area contributed by atoms with Crippen LogP contribution in [-0.2, 0) is 20.8 Å². The molecule has 0 saturated heterocycles. The molecular weight excluding hydrogens is 272 g/mol. The van der Waals surface area contributed by atoms with E-state index in [4.69, 9.17) is 19.9 Å². The van der Waals surface area contributed by atoms with Gasteiger partial charge in [0.05, 0.1) is 19.3 Å².